The topological polar surface area (TPSA) is 57.5 Å². The number of phenols is 2. The minimum atomic E-state index is -1.67. The quantitative estimate of drug-likeness (QED) is 0.651. The lowest BCUT2D eigenvalue weighted by Gasteiger charge is -1.98. The number of aryl methyl sites for hydroxylation is 1. The molecule has 2 aromatic carbocycles. The molecule has 1 unspecified atom stereocenters. The van der Waals surface area contributed by atoms with Gasteiger partial charge >= 0.3 is 7.80 Å². The van der Waals surface area contributed by atoms with Gasteiger partial charge in [-0.15, -0.1) is 0 Å². The first-order valence-corrected chi connectivity index (χ1v) is 7.62. The van der Waals surface area contributed by atoms with Crippen LogP contribution in [0.2, 0.25) is 0 Å². The maximum atomic E-state index is 12.1. The second-order valence-corrected chi connectivity index (χ2v) is 6.05. The fourth-order valence-corrected chi connectivity index (χ4v) is 3.20. The molecule has 19 heavy (non-hydrogen) atoms. The molecule has 0 aliphatic carbocycles. The standard InChI is InChI=1S/C15H15O3P/c16-13-8-9-14(17)15(11-13)19(18)10-4-7-12-5-2-1-3-6-12/h1-3,5-6,8-9,11H,4,7,10H2,(H-,16,17,18)/p+1. The van der Waals surface area contributed by atoms with E-state index in [2.05, 4.69) is 0 Å². The molecule has 0 aromatic heterocycles. The van der Waals surface area contributed by atoms with E-state index in [1.165, 1.54) is 23.8 Å². The third kappa shape index (κ3) is 3.80. The Morgan fingerprint density at radius 1 is 1.00 bits per heavy atom. The van der Waals surface area contributed by atoms with Crippen LogP contribution < -0.4 is 5.30 Å². The maximum absolute atomic E-state index is 12.1. The predicted molar refractivity (Wildman–Crippen MR) is 76.6 cm³/mol. The second-order valence-electron chi connectivity index (χ2n) is 4.36. The van der Waals surface area contributed by atoms with Crippen LogP contribution in [0, 0.1) is 0 Å². The number of benzene rings is 2. The van der Waals surface area contributed by atoms with Crippen LogP contribution in [0.5, 0.6) is 11.5 Å². The van der Waals surface area contributed by atoms with E-state index in [4.69, 9.17) is 0 Å². The summed E-state index contributed by atoms with van der Waals surface area (Å²) in [4.78, 5) is 0. The maximum Gasteiger partial charge on any atom is 0.380 e. The Labute approximate surface area is 113 Å². The van der Waals surface area contributed by atoms with Crippen molar-refractivity contribution in [2.75, 3.05) is 6.16 Å². The Morgan fingerprint density at radius 3 is 2.47 bits per heavy atom. The molecule has 0 fully saturated rings. The van der Waals surface area contributed by atoms with Crippen LogP contribution in [-0.2, 0) is 11.0 Å². The van der Waals surface area contributed by atoms with Crippen molar-refractivity contribution in [2.24, 2.45) is 0 Å². The van der Waals surface area contributed by atoms with Crippen molar-refractivity contribution < 1.29 is 14.8 Å². The average Bonchev–Trinajstić information content (AvgIpc) is 2.42. The molecule has 4 heteroatoms. The van der Waals surface area contributed by atoms with E-state index in [0.29, 0.717) is 11.5 Å². The number of rotatable bonds is 5. The number of hydrogen-bond acceptors (Lipinski definition) is 3. The molecule has 2 N–H and O–H groups in total. The van der Waals surface area contributed by atoms with Crippen molar-refractivity contribution in [3.63, 3.8) is 0 Å². The van der Waals surface area contributed by atoms with Crippen molar-refractivity contribution >= 4 is 13.1 Å². The number of hydrogen-bond donors (Lipinski definition) is 2. The Hall–Kier alpha value is -1.86. The Bertz CT molecular complexity index is 567. The van der Waals surface area contributed by atoms with Crippen LogP contribution in [0.4, 0.5) is 0 Å². The van der Waals surface area contributed by atoms with Crippen LogP contribution in [0.15, 0.2) is 48.5 Å². The minimum Gasteiger partial charge on any atom is -0.508 e. The molecule has 0 aliphatic rings. The van der Waals surface area contributed by atoms with Crippen molar-refractivity contribution in [1.29, 1.82) is 0 Å². The summed E-state index contributed by atoms with van der Waals surface area (Å²) in [6.45, 7) is 0. The molecule has 0 bridgehead atoms. The highest BCUT2D eigenvalue weighted by molar-refractivity contribution is 7.53. The number of phenolic OH excluding ortho intramolecular Hbond substituents is 2. The van der Waals surface area contributed by atoms with Crippen molar-refractivity contribution in [1.82, 2.24) is 0 Å². The minimum absolute atomic E-state index is 0.0152. The average molecular weight is 275 g/mol. The normalized spacial score (nSPS) is 11.3. The van der Waals surface area contributed by atoms with Gasteiger partial charge in [-0.25, -0.2) is 0 Å². The lowest BCUT2D eigenvalue weighted by atomic mass is 10.1. The molecule has 98 valence electrons. The van der Waals surface area contributed by atoms with E-state index in [9.17, 15) is 14.8 Å². The molecule has 1 atom stereocenters. The van der Waals surface area contributed by atoms with E-state index >= 15 is 0 Å². The fourth-order valence-electron chi connectivity index (χ4n) is 1.90. The zero-order chi connectivity index (χ0) is 13.7. The molecule has 0 radical (unpaired) electrons. The Balaban J connectivity index is 1.93. The van der Waals surface area contributed by atoms with Crippen LogP contribution >= 0.6 is 7.80 Å². The third-order valence-corrected chi connectivity index (χ3v) is 4.52. The first-order valence-electron chi connectivity index (χ1n) is 6.17. The van der Waals surface area contributed by atoms with Gasteiger partial charge in [0.15, 0.2) is 11.9 Å². The molecule has 0 saturated carbocycles. The van der Waals surface area contributed by atoms with Gasteiger partial charge in [-0.1, -0.05) is 34.9 Å². The molecule has 0 saturated heterocycles. The van der Waals surface area contributed by atoms with Crippen LogP contribution in [0.1, 0.15) is 12.0 Å². The third-order valence-electron chi connectivity index (χ3n) is 2.90. The molecule has 0 heterocycles. The summed E-state index contributed by atoms with van der Waals surface area (Å²) in [5.41, 5.74) is 1.21. The van der Waals surface area contributed by atoms with Crippen LogP contribution in [0.25, 0.3) is 0 Å². The zero-order valence-electron chi connectivity index (χ0n) is 10.5. The summed E-state index contributed by atoms with van der Waals surface area (Å²) >= 11 is 0. The molecule has 0 spiro atoms. The van der Waals surface area contributed by atoms with E-state index in [-0.39, 0.29) is 11.5 Å². The molecular weight excluding hydrogens is 259 g/mol. The van der Waals surface area contributed by atoms with Crippen molar-refractivity contribution in [2.45, 2.75) is 12.8 Å². The van der Waals surface area contributed by atoms with Crippen molar-refractivity contribution in [3.8, 4) is 11.5 Å². The Morgan fingerprint density at radius 2 is 1.74 bits per heavy atom. The van der Waals surface area contributed by atoms with Gasteiger partial charge in [0.1, 0.15) is 5.75 Å². The lowest BCUT2D eigenvalue weighted by Crippen LogP contribution is -2.00. The predicted octanol–water partition coefficient (Wildman–Crippen LogP) is 3.18. The van der Waals surface area contributed by atoms with Gasteiger partial charge in [-0.2, -0.15) is 0 Å². The summed E-state index contributed by atoms with van der Waals surface area (Å²) < 4.78 is 12.1. The van der Waals surface area contributed by atoms with Gasteiger partial charge in [-0.05, 0) is 30.5 Å². The van der Waals surface area contributed by atoms with Gasteiger partial charge in [0.2, 0.25) is 5.30 Å². The second kappa shape index (κ2) is 6.35. The summed E-state index contributed by atoms with van der Waals surface area (Å²) in [5.74, 6) is 0.0119. The molecule has 3 nitrogen and oxygen atoms in total. The van der Waals surface area contributed by atoms with Gasteiger partial charge in [0, 0.05) is 6.07 Å². The van der Waals surface area contributed by atoms with Crippen molar-refractivity contribution in [3.05, 3.63) is 54.1 Å². The first-order chi connectivity index (χ1) is 9.16. The fraction of sp³-hybridized carbons (Fsp3) is 0.200. The summed E-state index contributed by atoms with van der Waals surface area (Å²) in [6.07, 6.45) is 2.15. The van der Waals surface area contributed by atoms with E-state index < -0.39 is 7.80 Å². The largest absolute Gasteiger partial charge is 0.508 e. The summed E-state index contributed by atoms with van der Waals surface area (Å²) in [6, 6.07) is 14.1. The number of aromatic hydroxyl groups is 2. The smallest absolute Gasteiger partial charge is 0.380 e. The molecule has 0 amide bonds. The zero-order valence-corrected chi connectivity index (χ0v) is 11.4. The van der Waals surface area contributed by atoms with Crippen LogP contribution in [-0.4, -0.2) is 16.4 Å². The molecule has 2 rings (SSSR count). The highest BCUT2D eigenvalue weighted by Gasteiger charge is 2.24. The van der Waals surface area contributed by atoms with E-state index in [1.807, 2.05) is 30.3 Å². The van der Waals surface area contributed by atoms with E-state index in [1.54, 1.807) is 0 Å². The first kappa shape index (κ1) is 13.6. The highest BCUT2D eigenvalue weighted by Crippen LogP contribution is 2.29. The van der Waals surface area contributed by atoms with Gasteiger partial charge in [0.05, 0.1) is 0 Å². The lowest BCUT2D eigenvalue weighted by molar-refractivity contribution is 0.463. The van der Waals surface area contributed by atoms with Gasteiger partial charge < -0.3 is 10.2 Å². The molecular formula is C15H16O3P+. The summed E-state index contributed by atoms with van der Waals surface area (Å²) in [5, 5.41) is 19.3. The Kier molecular flexibility index (Phi) is 4.53. The highest BCUT2D eigenvalue weighted by atomic mass is 31.1. The molecule has 0 aliphatic heterocycles. The van der Waals surface area contributed by atoms with E-state index in [0.717, 1.165) is 12.8 Å². The molecule has 2 aromatic rings. The van der Waals surface area contributed by atoms with Gasteiger partial charge in [-0.3, -0.25) is 0 Å². The van der Waals surface area contributed by atoms with Gasteiger partial charge in [0.25, 0.3) is 0 Å². The summed E-state index contributed by atoms with van der Waals surface area (Å²) in [7, 11) is -1.67. The van der Waals surface area contributed by atoms with Crippen LogP contribution in [0.3, 0.4) is 0 Å². The monoisotopic (exact) mass is 275 g/mol. The SMILES string of the molecule is O=[P+](CCCc1ccccc1)c1cc(O)ccc1O.